The van der Waals surface area contributed by atoms with Gasteiger partial charge in [0, 0.05) is 13.1 Å². The molecule has 0 aliphatic carbocycles. The van der Waals surface area contributed by atoms with E-state index in [0.717, 1.165) is 56.8 Å². The van der Waals surface area contributed by atoms with Crippen molar-refractivity contribution in [1.82, 2.24) is 4.90 Å². The lowest BCUT2D eigenvalue weighted by molar-refractivity contribution is 0.300. The fraction of sp³-hybridized carbons (Fsp3) is 0.647. The summed E-state index contributed by atoms with van der Waals surface area (Å²) in [5.41, 5.74) is 7.41. The predicted octanol–water partition coefficient (Wildman–Crippen LogP) is 2.89. The molecule has 3 nitrogen and oxygen atoms in total. The molecule has 1 rings (SSSR count). The van der Waals surface area contributed by atoms with Gasteiger partial charge in [0.1, 0.15) is 5.82 Å². The second-order valence-electron chi connectivity index (χ2n) is 5.25. The van der Waals surface area contributed by atoms with E-state index in [0.29, 0.717) is 6.54 Å². The van der Waals surface area contributed by atoms with Crippen LogP contribution in [-0.2, 0) is 6.42 Å². The molecule has 0 amide bonds. The monoisotopic (exact) mass is 295 g/mol. The second-order valence-corrected chi connectivity index (χ2v) is 5.25. The first-order chi connectivity index (χ1) is 10.2. The summed E-state index contributed by atoms with van der Waals surface area (Å²) in [6.45, 7) is 11.9. The molecule has 0 aliphatic heterocycles. The number of nitrogens with zero attached hydrogens (tertiary/aromatic N) is 2. The van der Waals surface area contributed by atoms with Crippen molar-refractivity contribution in [3.8, 4) is 0 Å². The van der Waals surface area contributed by atoms with Crippen LogP contribution in [0.2, 0.25) is 0 Å². The fourth-order valence-corrected chi connectivity index (χ4v) is 2.72. The number of nitrogens with two attached hydrogens (primary N) is 1. The Hall–Kier alpha value is -1.13. The van der Waals surface area contributed by atoms with Gasteiger partial charge in [0.2, 0.25) is 0 Å². The normalized spacial score (nSPS) is 11.1. The van der Waals surface area contributed by atoms with Crippen LogP contribution in [0.15, 0.2) is 18.2 Å². The Morgan fingerprint density at radius 1 is 1.05 bits per heavy atom. The van der Waals surface area contributed by atoms with Gasteiger partial charge in [-0.2, -0.15) is 0 Å². The third-order valence-electron chi connectivity index (χ3n) is 3.98. The van der Waals surface area contributed by atoms with Crippen molar-refractivity contribution in [1.29, 1.82) is 0 Å². The van der Waals surface area contributed by atoms with E-state index < -0.39 is 0 Å². The van der Waals surface area contributed by atoms with Crippen LogP contribution in [0.4, 0.5) is 10.1 Å². The van der Waals surface area contributed by atoms with Crippen LogP contribution in [0.5, 0.6) is 0 Å². The molecule has 1 aromatic carbocycles. The van der Waals surface area contributed by atoms with Crippen molar-refractivity contribution in [3.63, 3.8) is 0 Å². The van der Waals surface area contributed by atoms with Crippen molar-refractivity contribution < 1.29 is 4.39 Å². The summed E-state index contributed by atoms with van der Waals surface area (Å²) in [6, 6.07) is 5.30. The van der Waals surface area contributed by atoms with Gasteiger partial charge in [0.15, 0.2) is 0 Å². The zero-order valence-corrected chi connectivity index (χ0v) is 13.7. The number of anilines is 1. The average molecular weight is 295 g/mol. The molecule has 1 aromatic rings. The first-order valence-corrected chi connectivity index (χ1v) is 8.12. The van der Waals surface area contributed by atoms with E-state index >= 15 is 0 Å². The van der Waals surface area contributed by atoms with Gasteiger partial charge < -0.3 is 15.5 Å². The number of hydrogen-bond donors (Lipinski definition) is 1. The van der Waals surface area contributed by atoms with E-state index in [1.54, 1.807) is 12.1 Å². The van der Waals surface area contributed by atoms with Crippen LogP contribution in [0.25, 0.3) is 0 Å². The molecular formula is C17H30FN3. The van der Waals surface area contributed by atoms with E-state index in [2.05, 4.69) is 30.6 Å². The number of hydrogen-bond acceptors (Lipinski definition) is 3. The lowest BCUT2D eigenvalue weighted by Gasteiger charge is -2.27. The number of halogens is 1. The Balaban J connectivity index is 2.75. The molecule has 120 valence electrons. The summed E-state index contributed by atoms with van der Waals surface area (Å²) in [7, 11) is 0. The van der Waals surface area contributed by atoms with Gasteiger partial charge in [-0.15, -0.1) is 0 Å². The standard InChI is InChI=1S/C17H30FN3/c1-4-20(5-2)13-8-14-21(6-3)17-15(11-12-19)9-7-10-16(17)18/h7,9-10H,4-6,8,11-14,19H2,1-3H3. The molecular weight excluding hydrogens is 265 g/mol. The lowest BCUT2D eigenvalue weighted by Crippen LogP contribution is -2.31. The molecule has 21 heavy (non-hydrogen) atoms. The molecule has 0 aliphatic rings. The van der Waals surface area contributed by atoms with Gasteiger partial charge in [0.05, 0.1) is 5.69 Å². The summed E-state index contributed by atoms with van der Waals surface area (Å²) >= 11 is 0. The van der Waals surface area contributed by atoms with E-state index in [4.69, 9.17) is 5.73 Å². The van der Waals surface area contributed by atoms with E-state index in [1.165, 1.54) is 0 Å². The summed E-state index contributed by atoms with van der Waals surface area (Å²) < 4.78 is 14.2. The van der Waals surface area contributed by atoms with E-state index in [1.807, 2.05) is 6.07 Å². The van der Waals surface area contributed by atoms with Gasteiger partial charge in [-0.25, -0.2) is 4.39 Å². The topological polar surface area (TPSA) is 32.5 Å². The molecule has 0 aromatic heterocycles. The molecule has 2 N–H and O–H groups in total. The summed E-state index contributed by atoms with van der Waals surface area (Å²) in [4.78, 5) is 4.54. The smallest absolute Gasteiger partial charge is 0.146 e. The summed E-state index contributed by atoms with van der Waals surface area (Å²) in [6.07, 6.45) is 1.77. The van der Waals surface area contributed by atoms with Crippen LogP contribution in [0.3, 0.4) is 0 Å². The van der Waals surface area contributed by atoms with Crippen LogP contribution in [-0.4, -0.2) is 44.2 Å². The predicted molar refractivity (Wildman–Crippen MR) is 89.5 cm³/mol. The van der Waals surface area contributed by atoms with Crippen molar-refractivity contribution in [2.45, 2.75) is 33.6 Å². The average Bonchev–Trinajstić information content (AvgIpc) is 2.49. The fourth-order valence-electron chi connectivity index (χ4n) is 2.72. The van der Waals surface area contributed by atoms with Crippen LogP contribution in [0.1, 0.15) is 32.8 Å². The van der Waals surface area contributed by atoms with Crippen molar-refractivity contribution in [2.24, 2.45) is 5.73 Å². The number of para-hydroxylation sites is 1. The molecule has 0 radical (unpaired) electrons. The molecule has 0 saturated heterocycles. The summed E-state index contributed by atoms with van der Waals surface area (Å²) in [5.74, 6) is -0.134. The Bertz CT molecular complexity index is 405. The highest BCUT2D eigenvalue weighted by molar-refractivity contribution is 5.55. The van der Waals surface area contributed by atoms with Gasteiger partial charge >= 0.3 is 0 Å². The highest BCUT2D eigenvalue weighted by Crippen LogP contribution is 2.25. The number of benzene rings is 1. The molecule has 0 atom stereocenters. The minimum Gasteiger partial charge on any atom is -0.369 e. The van der Waals surface area contributed by atoms with Crippen molar-refractivity contribution in [3.05, 3.63) is 29.6 Å². The van der Waals surface area contributed by atoms with Gasteiger partial charge in [-0.3, -0.25) is 0 Å². The Labute approximate surface area is 128 Å². The molecule has 0 bridgehead atoms. The molecule has 0 fully saturated rings. The Morgan fingerprint density at radius 2 is 1.76 bits per heavy atom. The van der Waals surface area contributed by atoms with Crippen molar-refractivity contribution in [2.75, 3.05) is 44.2 Å². The first kappa shape index (κ1) is 17.9. The van der Waals surface area contributed by atoms with Gasteiger partial charge in [-0.05, 0) is 57.6 Å². The largest absolute Gasteiger partial charge is 0.369 e. The number of rotatable bonds is 10. The van der Waals surface area contributed by atoms with Gasteiger partial charge in [0.25, 0.3) is 0 Å². The maximum absolute atomic E-state index is 14.2. The maximum Gasteiger partial charge on any atom is 0.146 e. The SMILES string of the molecule is CCN(CC)CCCN(CC)c1c(F)cccc1CCN. The van der Waals surface area contributed by atoms with Crippen LogP contribution in [0, 0.1) is 5.82 Å². The zero-order valence-electron chi connectivity index (χ0n) is 13.7. The van der Waals surface area contributed by atoms with Crippen LogP contribution >= 0.6 is 0 Å². The van der Waals surface area contributed by atoms with Gasteiger partial charge in [-0.1, -0.05) is 26.0 Å². The molecule has 0 unspecified atom stereocenters. The minimum absolute atomic E-state index is 0.134. The lowest BCUT2D eigenvalue weighted by atomic mass is 10.1. The van der Waals surface area contributed by atoms with Crippen molar-refractivity contribution >= 4 is 5.69 Å². The molecule has 4 heteroatoms. The van der Waals surface area contributed by atoms with Crippen LogP contribution < -0.4 is 10.6 Å². The zero-order chi connectivity index (χ0) is 15.7. The third-order valence-corrected chi connectivity index (χ3v) is 3.98. The highest BCUT2D eigenvalue weighted by atomic mass is 19.1. The highest BCUT2D eigenvalue weighted by Gasteiger charge is 2.14. The van der Waals surface area contributed by atoms with E-state index in [9.17, 15) is 4.39 Å². The third kappa shape index (κ3) is 5.29. The Kier molecular flexibility index (Phi) is 8.31. The quantitative estimate of drug-likeness (QED) is 0.720. The second kappa shape index (κ2) is 9.74. The first-order valence-electron chi connectivity index (χ1n) is 8.12. The molecule has 0 saturated carbocycles. The maximum atomic E-state index is 14.2. The molecule has 0 heterocycles. The summed E-state index contributed by atoms with van der Waals surface area (Å²) in [5, 5.41) is 0. The Morgan fingerprint density at radius 3 is 2.33 bits per heavy atom. The molecule has 0 spiro atoms. The van der Waals surface area contributed by atoms with E-state index in [-0.39, 0.29) is 5.82 Å². The minimum atomic E-state index is -0.134.